The zero-order valence-electron chi connectivity index (χ0n) is 12.6. The molecule has 112 valence electrons. The summed E-state index contributed by atoms with van der Waals surface area (Å²) < 4.78 is 0. The van der Waals surface area contributed by atoms with Gasteiger partial charge in [0.2, 0.25) is 11.0 Å². The highest BCUT2D eigenvalue weighted by Crippen LogP contribution is 2.30. The molecule has 1 aromatic heterocycles. The first-order valence-electron chi connectivity index (χ1n) is 7.09. The molecule has 1 aromatic rings. The summed E-state index contributed by atoms with van der Waals surface area (Å²) in [6, 6.07) is 0.242. The number of rotatable bonds is 4. The lowest BCUT2D eigenvalue weighted by Gasteiger charge is -2.21. The Morgan fingerprint density at radius 1 is 1.50 bits per heavy atom. The van der Waals surface area contributed by atoms with Crippen LogP contribution in [0.4, 0.5) is 5.13 Å². The highest BCUT2D eigenvalue weighted by molar-refractivity contribution is 7.15. The molecule has 6 heteroatoms. The smallest absolute Gasteiger partial charge is 0.219 e. The molecule has 0 unspecified atom stereocenters. The Hall–Kier alpha value is -1.14. The van der Waals surface area contributed by atoms with E-state index in [1.54, 1.807) is 11.3 Å². The summed E-state index contributed by atoms with van der Waals surface area (Å²) in [6.45, 7) is 7.85. The normalized spacial score (nSPS) is 18.5. The maximum Gasteiger partial charge on any atom is 0.219 e. The molecule has 20 heavy (non-hydrogen) atoms. The highest BCUT2D eigenvalue weighted by atomic mass is 32.1. The van der Waals surface area contributed by atoms with Gasteiger partial charge in [0.15, 0.2) is 0 Å². The predicted molar refractivity (Wildman–Crippen MR) is 80.8 cm³/mol. The molecule has 0 aliphatic heterocycles. The van der Waals surface area contributed by atoms with Crippen molar-refractivity contribution in [2.45, 2.75) is 65.0 Å². The number of amides is 1. The molecule has 5 nitrogen and oxygen atoms in total. The molecule has 1 aliphatic carbocycles. The molecular weight excluding hydrogens is 274 g/mol. The summed E-state index contributed by atoms with van der Waals surface area (Å²) >= 11 is 1.62. The third-order valence-corrected chi connectivity index (χ3v) is 4.09. The average Bonchev–Trinajstić information content (AvgIpc) is 2.77. The van der Waals surface area contributed by atoms with Crippen LogP contribution in [-0.2, 0) is 22.5 Å². The van der Waals surface area contributed by atoms with Crippen molar-refractivity contribution in [2.75, 3.05) is 5.48 Å². The monoisotopic (exact) mass is 297 g/mol. The molecule has 0 bridgehead atoms. The van der Waals surface area contributed by atoms with E-state index in [4.69, 9.17) is 4.84 Å². The van der Waals surface area contributed by atoms with E-state index < -0.39 is 0 Å². The fourth-order valence-electron chi connectivity index (χ4n) is 2.07. The summed E-state index contributed by atoms with van der Waals surface area (Å²) in [6.07, 6.45) is 3.29. The van der Waals surface area contributed by atoms with Gasteiger partial charge in [0.1, 0.15) is 0 Å². The van der Waals surface area contributed by atoms with Crippen LogP contribution in [0.5, 0.6) is 0 Å². The Morgan fingerprint density at radius 2 is 2.25 bits per heavy atom. The first-order valence-corrected chi connectivity index (χ1v) is 7.91. The number of aryl methyl sites for hydroxylation is 1. The molecule has 0 aromatic carbocycles. The maximum atomic E-state index is 11.5. The number of carbonyl (C=O) groups is 1. The van der Waals surface area contributed by atoms with Crippen LogP contribution in [0, 0.1) is 0 Å². The molecule has 1 atom stereocenters. The quantitative estimate of drug-likeness (QED) is 0.839. The zero-order valence-corrected chi connectivity index (χ0v) is 13.4. The van der Waals surface area contributed by atoms with Gasteiger partial charge in [0.05, 0.1) is 11.3 Å². The molecule has 2 rings (SSSR count). The Bertz CT molecular complexity index is 479. The zero-order chi connectivity index (χ0) is 14.8. The molecule has 0 saturated heterocycles. The number of carbonyl (C=O) groups excluding carboxylic acids is 1. The Labute approximate surface area is 124 Å². The Morgan fingerprint density at radius 3 is 2.90 bits per heavy atom. The van der Waals surface area contributed by atoms with Gasteiger partial charge in [-0.1, -0.05) is 18.3 Å². The van der Waals surface area contributed by atoms with Crippen LogP contribution in [-0.4, -0.2) is 22.5 Å². The van der Waals surface area contributed by atoms with Gasteiger partial charge in [-0.3, -0.25) is 9.63 Å². The van der Waals surface area contributed by atoms with Gasteiger partial charge < -0.3 is 5.32 Å². The lowest BCUT2D eigenvalue weighted by atomic mass is 9.97. The topological polar surface area (TPSA) is 63.2 Å². The molecule has 1 heterocycles. The van der Waals surface area contributed by atoms with Crippen molar-refractivity contribution in [2.24, 2.45) is 0 Å². The van der Waals surface area contributed by atoms with Gasteiger partial charge in [-0.2, -0.15) is 0 Å². The van der Waals surface area contributed by atoms with Crippen LogP contribution in [0.1, 0.15) is 51.1 Å². The summed E-state index contributed by atoms with van der Waals surface area (Å²) in [5.74, 6) is 0.123. The average molecular weight is 297 g/mol. The number of nitrogens with one attached hydrogen (secondary N) is 2. The standard InChI is InChI=1S/C14H23N3O2S/c1-5-12(18)15-9-6-7-10-11(8-9)20-13(16-10)17-19-14(2,3)4/h9H,5-8H2,1-4H3,(H,15,18)(H,16,17)/t9-/m0/s1. The minimum atomic E-state index is -0.246. The van der Waals surface area contributed by atoms with Crippen molar-refractivity contribution < 1.29 is 9.63 Å². The van der Waals surface area contributed by atoms with Gasteiger partial charge >= 0.3 is 0 Å². The first kappa shape index (κ1) is 15.3. The second-order valence-electron chi connectivity index (χ2n) is 6.07. The van der Waals surface area contributed by atoms with Crippen molar-refractivity contribution in [1.82, 2.24) is 10.3 Å². The third-order valence-electron chi connectivity index (χ3n) is 3.07. The molecule has 1 amide bonds. The minimum Gasteiger partial charge on any atom is -0.353 e. The molecule has 0 fully saturated rings. The van der Waals surface area contributed by atoms with Crippen LogP contribution in [0.25, 0.3) is 0 Å². The van der Waals surface area contributed by atoms with Gasteiger partial charge in [-0.05, 0) is 33.6 Å². The molecule has 0 spiro atoms. The number of hydrogen-bond acceptors (Lipinski definition) is 5. The second-order valence-corrected chi connectivity index (χ2v) is 7.15. The van der Waals surface area contributed by atoms with Crippen molar-refractivity contribution >= 4 is 22.4 Å². The van der Waals surface area contributed by atoms with E-state index >= 15 is 0 Å². The van der Waals surface area contributed by atoms with E-state index in [1.807, 2.05) is 27.7 Å². The van der Waals surface area contributed by atoms with E-state index in [-0.39, 0.29) is 17.6 Å². The molecule has 2 N–H and O–H groups in total. The number of fused-ring (bicyclic) bond motifs is 1. The van der Waals surface area contributed by atoms with Crippen molar-refractivity contribution in [1.29, 1.82) is 0 Å². The molecular formula is C14H23N3O2S. The summed E-state index contributed by atoms with van der Waals surface area (Å²) in [7, 11) is 0. The van der Waals surface area contributed by atoms with Gasteiger partial charge in [-0.25, -0.2) is 10.5 Å². The van der Waals surface area contributed by atoms with E-state index in [0.717, 1.165) is 30.1 Å². The fraction of sp³-hybridized carbons (Fsp3) is 0.714. The largest absolute Gasteiger partial charge is 0.353 e. The van der Waals surface area contributed by atoms with Crippen molar-refractivity contribution in [3.63, 3.8) is 0 Å². The van der Waals surface area contributed by atoms with Crippen LogP contribution in [0.3, 0.4) is 0 Å². The number of thiazole rings is 1. The number of anilines is 1. The lowest BCUT2D eigenvalue weighted by molar-refractivity contribution is -0.121. The van der Waals surface area contributed by atoms with Crippen LogP contribution < -0.4 is 10.8 Å². The van der Waals surface area contributed by atoms with E-state index in [2.05, 4.69) is 15.8 Å². The van der Waals surface area contributed by atoms with Crippen molar-refractivity contribution in [3.8, 4) is 0 Å². The van der Waals surface area contributed by atoms with E-state index in [0.29, 0.717) is 6.42 Å². The van der Waals surface area contributed by atoms with Crippen LogP contribution in [0.2, 0.25) is 0 Å². The number of hydrogen-bond donors (Lipinski definition) is 2. The highest BCUT2D eigenvalue weighted by Gasteiger charge is 2.24. The Kier molecular flexibility index (Phi) is 4.65. The third kappa shape index (κ3) is 4.18. The number of nitrogens with zero attached hydrogens (tertiary/aromatic N) is 1. The maximum absolute atomic E-state index is 11.5. The molecule has 0 radical (unpaired) electrons. The number of aromatic nitrogens is 1. The van der Waals surface area contributed by atoms with Crippen molar-refractivity contribution in [3.05, 3.63) is 10.6 Å². The summed E-state index contributed by atoms with van der Waals surface area (Å²) in [5.41, 5.74) is 3.82. The minimum absolute atomic E-state index is 0.123. The predicted octanol–water partition coefficient (Wildman–Crippen LogP) is 2.67. The van der Waals surface area contributed by atoms with Gasteiger partial charge in [0.25, 0.3) is 0 Å². The van der Waals surface area contributed by atoms with Gasteiger partial charge in [-0.15, -0.1) is 0 Å². The summed E-state index contributed by atoms with van der Waals surface area (Å²) in [5, 5.41) is 3.86. The molecule has 0 saturated carbocycles. The summed E-state index contributed by atoms with van der Waals surface area (Å²) in [4.78, 5) is 22.8. The van der Waals surface area contributed by atoms with E-state index in [1.165, 1.54) is 4.88 Å². The lowest BCUT2D eigenvalue weighted by Crippen LogP contribution is -2.38. The van der Waals surface area contributed by atoms with Crippen LogP contribution >= 0.6 is 11.3 Å². The fourth-order valence-corrected chi connectivity index (χ4v) is 3.09. The second kappa shape index (κ2) is 6.10. The van der Waals surface area contributed by atoms with Crippen LogP contribution in [0.15, 0.2) is 0 Å². The van der Waals surface area contributed by atoms with Gasteiger partial charge in [0, 0.05) is 23.8 Å². The molecule has 1 aliphatic rings. The SMILES string of the molecule is CCC(=O)N[C@H]1CCc2nc(NOC(C)(C)C)sc2C1. The first-order chi connectivity index (χ1) is 9.37. The Balaban J connectivity index is 1.95. The van der Waals surface area contributed by atoms with E-state index in [9.17, 15) is 4.79 Å².